The second-order valence-corrected chi connectivity index (χ2v) is 7.35. The highest BCUT2D eigenvalue weighted by Gasteiger charge is 2.45. The van der Waals surface area contributed by atoms with E-state index < -0.39 is 0 Å². The van der Waals surface area contributed by atoms with Crippen LogP contribution in [-0.4, -0.2) is 17.4 Å². The number of anilines is 1. The zero-order valence-electron chi connectivity index (χ0n) is 12.7. The van der Waals surface area contributed by atoms with E-state index in [-0.39, 0.29) is 5.91 Å². The van der Waals surface area contributed by atoms with Crippen molar-refractivity contribution in [1.82, 2.24) is 10.3 Å². The molecule has 2 aromatic rings. The van der Waals surface area contributed by atoms with Crippen LogP contribution in [0.15, 0.2) is 12.3 Å². The number of hydrogen-bond acceptors (Lipinski definition) is 4. The number of nitrogens with two attached hydrogens (primary N) is 1. The number of nitrogens with one attached hydrogen (secondary N) is 1. The Labute approximate surface area is 128 Å². The molecule has 2 heterocycles. The highest BCUT2D eigenvalue weighted by atomic mass is 32.1. The Balaban J connectivity index is 1.82. The standard InChI is InChI=1S/C16H21N3OS/c1-9(2)16(5-6-16)8-19-14(20)13-12(17)11-10(3)4-7-18-15(11)21-13/h4,7,9H,5-6,8,17H2,1-3H3,(H,19,20). The molecule has 1 aliphatic rings. The molecule has 2 aromatic heterocycles. The number of fused-ring (bicyclic) bond motifs is 1. The lowest BCUT2D eigenvalue weighted by Crippen LogP contribution is -2.32. The molecule has 21 heavy (non-hydrogen) atoms. The predicted octanol–water partition coefficient (Wildman–Crippen LogP) is 3.35. The van der Waals surface area contributed by atoms with Gasteiger partial charge in [0.2, 0.25) is 0 Å². The molecule has 0 aliphatic heterocycles. The van der Waals surface area contributed by atoms with E-state index in [2.05, 4.69) is 24.1 Å². The molecule has 0 saturated heterocycles. The van der Waals surface area contributed by atoms with Crippen LogP contribution in [0.2, 0.25) is 0 Å². The summed E-state index contributed by atoms with van der Waals surface area (Å²) >= 11 is 1.38. The van der Waals surface area contributed by atoms with E-state index in [0.29, 0.717) is 21.9 Å². The summed E-state index contributed by atoms with van der Waals surface area (Å²) in [5, 5.41) is 3.98. The number of nitrogens with zero attached hydrogens (tertiary/aromatic N) is 1. The SMILES string of the molecule is Cc1ccnc2sc(C(=O)NCC3(C(C)C)CC3)c(N)c12. The lowest BCUT2D eigenvalue weighted by molar-refractivity contribution is 0.0944. The quantitative estimate of drug-likeness (QED) is 0.910. The molecule has 1 fully saturated rings. The summed E-state index contributed by atoms with van der Waals surface area (Å²) in [6, 6.07) is 1.92. The average Bonchev–Trinajstić information content (AvgIpc) is 3.16. The molecule has 0 bridgehead atoms. The van der Waals surface area contributed by atoms with Gasteiger partial charge in [0, 0.05) is 18.1 Å². The molecule has 4 nitrogen and oxygen atoms in total. The molecule has 1 aliphatic carbocycles. The van der Waals surface area contributed by atoms with Gasteiger partial charge in [-0.25, -0.2) is 4.98 Å². The van der Waals surface area contributed by atoms with Crippen molar-refractivity contribution >= 4 is 33.1 Å². The Morgan fingerprint density at radius 3 is 2.81 bits per heavy atom. The summed E-state index contributed by atoms with van der Waals surface area (Å²) in [5.74, 6) is 0.531. The van der Waals surface area contributed by atoms with Crippen molar-refractivity contribution in [3.8, 4) is 0 Å². The zero-order valence-corrected chi connectivity index (χ0v) is 13.5. The topological polar surface area (TPSA) is 68.0 Å². The van der Waals surface area contributed by atoms with E-state index in [9.17, 15) is 4.79 Å². The molecule has 112 valence electrons. The third-order valence-electron chi connectivity index (χ3n) is 4.76. The van der Waals surface area contributed by atoms with Crippen molar-refractivity contribution in [2.45, 2.75) is 33.6 Å². The maximum Gasteiger partial charge on any atom is 0.263 e. The van der Waals surface area contributed by atoms with E-state index in [0.717, 1.165) is 22.3 Å². The molecule has 1 amide bonds. The van der Waals surface area contributed by atoms with Crippen molar-refractivity contribution in [2.75, 3.05) is 12.3 Å². The fourth-order valence-electron chi connectivity index (χ4n) is 2.83. The van der Waals surface area contributed by atoms with Gasteiger partial charge in [-0.3, -0.25) is 4.79 Å². The van der Waals surface area contributed by atoms with E-state index in [4.69, 9.17) is 5.73 Å². The van der Waals surface area contributed by atoms with Crippen LogP contribution in [0.1, 0.15) is 41.9 Å². The summed E-state index contributed by atoms with van der Waals surface area (Å²) < 4.78 is 0. The number of aryl methyl sites for hydroxylation is 1. The number of rotatable bonds is 4. The van der Waals surface area contributed by atoms with Crippen LogP contribution >= 0.6 is 11.3 Å². The number of pyridine rings is 1. The Bertz CT molecular complexity index is 701. The van der Waals surface area contributed by atoms with Crippen molar-refractivity contribution in [3.63, 3.8) is 0 Å². The van der Waals surface area contributed by atoms with Crippen LogP contribution in [0.3, 0.4) is 0 Å². The van der Waals surface area contributed by atoms with Gasteiger partial charge in [-0.15, -0.1) is 11.3 Å². The number of carbonyl (C=O) groups is 1. The number of carbonyl (C=O) groups excluding carboxylic acids is 1. The van der Waals surface area contributed by atoms with Gasteiger partial charge in [-0.05, 0) is 42.7 Å². The van der Waals surface area contributed by atoms with Crippen molar-refractivity contribution in [3.05, 3.63) is 22.7 Å². The predicted molar refractivity (Wildman–Crippen MR) is 87.6 cm³/mol. The molecule has 0 spiro atoms. The Morgan fingerprint density at radius 2 is 2.24 bits per heavy atom. The molecular formula is C16H21N3OS. The minimum Gasteiger partial charge on any atom is -0.397 e. The van der Waals surface area contributed by atoms with Crippen molar-refractivity contribution < 1.29 is 4.79 Å². The van der Waals surface area contributed by atoms with Crippen molar-refractivity contribution in [1.29, 1.82) is 0 Å². The third-order valence-corrected chi connectivity index (χ3v) is 5.87. The number of aromatic nitrogens is 1. The van der Waals surface area contributed by atoms with Gasteiger partial charge >= 0.3 is 0 Å². The van der Waals surface area contributed by atoms with Crippen LogP contribution in [0.25, 0.3) is 10.2 Å². The third kappa shape index (κ3) is 2.39. The summed E-state index contributed by atoms with van der Waals surface area (Å²) in [4.78, 5) is 18.2. The molecule has 5 heteroatoms. The normalized spacial score (nSPS) is 16.4. The minimum absolute atomic E-state index is 0.0678. The lowest BCUT2D eigenvalue weighted by Gasteiger charge is -2.19. The molecule has 3 rings (SSSR count). The smallest absolute Gasteiger partial charge is 0.263 e. The second-order valence-electron chi connectivity index (χ2n) is 6.35. The number of thiophene rings is 1. The molecule has 1 saturated carbocycles. The first-order chi connectivity index (χ1) is 9.94. The van der Waals surface area contributed by atoms with Gasteiger partial charge in [0.25, 0.3) is 5.91 Å². The highest BCUT2D eigenvalue weighted by molar-refractivity contribution is 7.21. The second kappa shape index (κ2) is 4.98. The van der Waals surface area contributed by atoms with E-state index in [1.807, 2.05) is 13.0 Å². The number of hydrogen-bond donors (Lipinski definition) is 2. The van der Waals surface area contributed by atoms with Gasteiger partial charge in [-0.1, -0.05) is 13.8 Å². The Kier molecular flexibility index (Phi) is 3.40. The van der Waals surface area contributed by atoms with Crippen LogP contribution in [-0.2, 0) is 0 Å². The fraction of sp³-hybridized carbons (Fsp3) is 0.500. The molecule has 0 radical (unpaired) electrons. The van der Waals surface area contributed by atoms with Gasteiger partial charge in [0.1, 0.15) is 9.71 Å². The van der Waals surface area contributed by atoms with Crippen LogP contribution in [0.5, 0.6) is 0 Å². The van der Waals surface area contributed by atoms with Gasteiger partial charge < -0.3 is 11.1 Å². The van der Waals surface area contributed by atoms with E-state index >= 15 is 0 Å². The summed E-state index contributed by atoms with van der Waals surface area (Å²) in [6.45, 7) is 7.18. The van der Waals surface area contributed by atoms with Crippen LogP contribution in [0, 0.1) is 18.3 Å². The summed E-state index contributed by atoms with van der Waals surface area (Å²) in [7, 11) is 0. The maximum atomic E-state index is 12.4. The van der Waals surface area contributed by atoms with Gasteiger partial charge in [-0.2, -0.15) is 0 Å². The van der Waals surface area contributed by atoms with E-state index in [1.54, 1.807) is 6.20 Å². The minimum atomic E-state index is -0.0678. The maximum absolute atomic E-state index is 12.4. The number of nitrogen functional groups attached to an aromatic ring is 1. The average molecular weight is 303 g/mol. The van der Waals surface area contributed by atoms with Gasteiger partial charge in [0.15, 0.2) is 0 Å². The largest absolute Gasteiger partial charge is 0.397 e. The monoisotopic (exact) mass is 303 g/mol. The number of amides is 1. The highest BCUT2D eigenvalue weighted by Crippen LogP contribution is 2.51. The molecule has 0 unspecified atom stereocenters. The fourth-order valence-corrected chi connectivity index (χ4v) is 3.88. The lowest BCUT2D eigenvalue weighted by atomic mass is 9.92. The van der Waals surface area contributed by atoms with Gasteiger partial charge in [0.05, 0.1) is 5.69 Å². The summed E-state index contributed by atoms with van der Waals surface area (Å²) in [6.07, 6.45) is 4.16. The zero-order chi connectivity index (χ0) is 15.2. The summed E-state index contributed by atoms with van der Waals surface area (Å²) in [5.41, 5.74) is 8.09. The van der Waals surface area contributed by atoms with Crippen molar-refractivity contribution in [2.24, 2.45) is 11.3 Å². The van der Waals surface area contributed by atoms with E-state index in [1.165, 1.54) is 24.2 Å². The Hall–Kier alpha value is -1.62. The Morgan fingerprint density at radius 1 is 1.52 bits per heavy atom. The first kappa shape index (κ1) is 14.3. The first-order valence-electron chi connectivity index (χ1n) is 7.36. The van der Waals surface area contributed by atoms with Crippen LogP contribution < -0.4 is 11.1 Å². The molecule has 3 N–H and O–H groups in total. The van der Waals surface area contributed by atoms with Crippen LogP contribution in [0.4, 0.5) is 5.69 Å². The first-order valence-corrected chi connectivity index (χ1v) is 8.18. The molecular weight excluding hydrogens is 282 g/mol. The molecule has 0 atom stereocenters. The molecule has 0 aromatic carbocycles.